The minimum atomic E-state index is -0.923. The number of carbonyl (C=O) groups is 1. The maximum absolute atomic E-state index is 10.9. The van der Waals surface area contributed by atoms with E-state index in [0.29, 0.717) is 0 Å². The molecule has 0 unspecified atom stereocenters. The van der Waals surface area contributed by atoms with E-state index in [0.717, 1.165) is 34.9 Å². The standard InChI is InChI=1S/C20H20N2O2S/c1-3-4-17-18(14-7-5-13(2)6-8-14)22-20(25-17)21-16-11-9-15(10-12-16)19(23)24/h5-12H,3-4H2,1-2H3,(H,21,22)(H,23,24). The van der Waals surface area contributed by atoms with Crippen molar-refractivity contribution in [1.29, 1.82) is 0 Å². The Kier molecular flexibility index (Phi) is 5.14. The van der Waals surface area contributed by atoms with E-state index in [9.17, 15) is 4.79 Å². The molecule has 0 fully saturated rings. The zero-order valence-corrected chi connectivity index (χ0v) is 15.1. The molecule has 3 aromatic rings. The van der Waals surface area contributed by atoms with Gasteiger partial charge in [0.15, 0.2) is 5.13 Å². The number of anilines is 2. The van der Waals surface area contributed by atoms with Crippen LogP contribution in [0.5, 0.6) is 0 Å². The average Bonchev–Trinajstić information content (AvgIpc) is 2.99. The minimum absolute atomic E-state index is 0.275. The predicted molar refractivity (Wildman–Crippen MR) is 103 cm³/mol. The molecule has 1 heterocycles. The van der Waals surface area contributed by atoms with Crippen LogP contribution in [0.2, 0.25) is 0 Å². The van der Waals surface area contributed by atoms with Crippen LogP contribution in [-0.4, -0.2) is 16.1 Å². The van der Waals surface area contributed by atoms with Gasteiger partial charge in [-0.2, -0.15) is 0 Å². The highest BCUT2D eigenvalue weighted by Gasteiger charge is 2.13. The maximum atomic E-state index is 10.9. The van der Waals surface area contributed by atoms with E-state index in [1.54, 1.807) is 35.6 Å². The number of aromatic carboxylic acids is 1. The molecule has 2 N–H and O–H groups in total. The van der Waals surface area contributed by atoms with E-state index >= 15 is 0 Å². The van der Waals surface area contributed by atoms with Gasteiger partial charge in [0, 0.05) is 16.1 Å². The maximum Gasteiger partial charge on any atom is 0.335 e. The Hall–Kier alpha value is -2.66. The molecule has 128 valence electrons. The van der Waals surface area contributed by atoms with Gasteiger partial charge in [-0.15, -0.1) is 11.3 Å². The molecule has 4 nitrogen and oxygen atoms in total. The zero-order valence-electron chi connectivity index (χ0n) is 14.2. The van der Waals surface area contributed by atoms with Gasteiger partial charge in [-0.25, -0.2) is 9.78 Å². The van der Waals surface area contributed by atoms with Crippen molar-refractivity contribution in [3.05, 3.63) is 64.5 Å². The number of aromatic nitrogens is 1. The lowest BCUT2D eigenvalue weighted by Gasteiger charge is -2.03. The first kappa shape index (κ1) is 17.2. The monoisotopic (exact) mass is 352 g/mol. The van der Waals surface area contributed by atoms with E-state index in [4.69, 9.17) is 10.1 Å². The first-order valence-electron chi connectivity index (χ1n) is 8.24. The molecule has 0 bridgehead atoms. The van der Waals surface area contributed by atoms with Crippen molar-refractivity contribution >= 4 is 28.1 Å². The van der Waals surface area contributed by atoms with E-state index < -0.39 is 5.97 Å². The number of benzene rings is 2. The lowest BCUT2D eigenvalue weighted by Crippen LogP contribution is -1.96. The molecule has 0 aliphatic rings. The van der Waals surface area contributed by atoms with Crippen molar-refractivity contribution in [2.75, 3.05) is 5.32 Å². The molecule has 0 spiro atoms. The summed E-state index contributed by atoms with van der Waals surface area (Å²) in [5.74, 6) is -0.923. The van der Waals surface area contributed by atoms with Crippen LogP contribution >= 0.6 is 11.3 Å². The summed E-state index contributed by atoms with van der Waals surface area (Å²) in [5.41, 5.74) is 4.48. The van der Waals surface area contributed by atoms with E-state index in [1.807, 2.05) is 0 Å². The van der Waals surface area contributed by atoms with Gasteiger partial charge < -0.3 is 10.4 Å². The number of hydrogen-bond acceptors (Lipinski definition) is 4. The van der Waals surface area contributed by atoms with Crippen molar-refractivity contribution in [3.63, 3.8) is 0 Å². The number of nitrogens with zero attached hydrogens (tertiary/aromatic N) is 1. The summed E-state index contributed by atoms with van der Waals surface area (Å²) in [6.07, 6.45) is 2.05. The first-order valence-corrected chi connectivity index (χ1v) is 9.05. The second-order valence-electron chi connectivity index (χ2n) is 5.91. The summed E-state index contributed by atoms with van der Waals surface area (Å²) in [5, 5.41) is 13.1. The van der Waals surface area contributed by atoms with Gasteiger partial charge in [-0.1, -0.05) is 43.2 Å². The molecule has 0 aliphatic heterocycles. The number of hydrogen-bond donors (Lipinski definition) is 2. The Bertz CT molecular complexity index is 868. The highest BCUT2D eigenvalue weighted by atomic mass is 32.1. The fourth-order valence-corrected chi connectivity index (χ4v) is 3.66. The molecule has 5 heteroatoms. The van der Waals surface area contributed by atoms with E-state index in [1.165, 1.54) is 10.4 Å². The minimum Gasteiger partial charge on any atom is -0.478 e. The molecule has 2 aromatic carbocycles. The van der Waals surface area contributed by atoms with Crippen LogP contribution in [0.3, 0.4) is 0 Å². The van der Waals surface area contributed by atoms with Gasteiger partial charge in [-0.05, 0) is 37.6 Å². The summed E-state index contributed by atoms with van der Waals surface area (Å²) in [4.78, 5) is 17.0. The molecule has 0 saturated carbocycles. The van der Waals surface area contributed by atoms with Crippen molar-refractivity contribution in [3.8, 4) is 11.3 Å². The van der Waals surface area contributed by atoms with Crippen molar-refractivity contribution < 1.29 is 9.90 Å². The Morgan fingerprint density at radius 2 is 1.80 bits per heavy atom. The molecule has 25 heavy (non-hydrogen) atoms. The number of carboxylic acids is 1. The van der Waals surface area contributed by atoms with Crippen LogP contribution in [0.15, 0.2) is 48.5 Å². The molecule has 0 saturated heterocycles. The van der Waals surface area contributed by atoms with Gasteiger partial charge in [0.25, 0.3) is 0 Å². The van der Waals surface area contributed by atoms with Crippen molar-refractivity contribution in [2.45, 2.75) is 26.7 Å². The van der Waals surface area contributed by atoms with Gasteiger partial charge in [0.05, 0.1) is 11.3 Å². The third-order valence-corrected chi connectivity index (χ3v) is 4.91. The molecule has 0 aliphatic carbocycles. The molecule has 3 rings (SSSR count). The molecule has 1 aromatic heterocycles. The van der Waals surface area contributed by atoms with Gasteiger partial charge in [0.1, 0.15) is 0 Å². The van der Waals surface area contributed by atoms with Crippen LogP contribution in [-0.2, 0) is 6.42 Å². The van der Waals surface area contributed by atoms with Gasteiger partial charge in [-0.3, -0.25) is 0 Å². The fourth-order valence-electron chi connectivity index (χ4n) is 2.56. The molecule has 0 radical (unpaired) electrons. The first-order chi connectivity index (χ1) is 12.1. The van der Waals surface area contributed by atoms with Crippen LogP contribution < -0.4 is 5.32 Å². The third kappa shape index (κ3) is 4.06. The van der Waals surface area contributed by atoms with Gasteiger partial charge >= 0.3 is 5.97 Å². The van der Waals surface area contributed by atoms with E-state index in [2.05, 4.69) is 43.4 Å². The second-order valence-corrected chi connectivity index (χ2v) is 7.00. The number of rotatable bonds is 6. The van der Waals surface area contributed by atoms with E-state index in [-0.39, 0.29) is 5.56 Å². The number of aryl methyl sites for hydroxylation is 2. The van der Waals surface area contributed by atoms with Crippen LogP contribution in [0.25, 0.3) is 11.3 Å². The summed E-state index contributed by atoms with van der Waals surface area (Å²) in [7, 11) is 0. The number of nitrogens with one attached hydrogen (secondary N) is 1. The smallest absolute Gasteiger partial charge is 0.335 e. The normalized spacial score (nSPS) is 10.6. The zero-order chi connectivity index (χ0) is 17.8. The summed E-state index contributed by atoms with van der Waals surface area (Å²) in [6, 6.07) is 15.1. The number of carboxylic acid groups (broad SMARTS) is 1. The third-order valence-electron chi connectivity index (χ3n) is 3.88. The highest BCUT2D eigenvalue weighted by Crippen LogP contribution is 2.33. The summed E-state index contributed by atoms with van der Waals surface area (Å²) >= 11 is 1.65. The Balaban J connectivity index is 1.88. The van der Waals surface area contributed by atoms with Crippen LogP contribution in [0, 0.1) is 6.92 Å². The Labute approximate surface area is 151 Å². The molecular weight excluding hydrogens is 332 g/mol. The lowest BCUT2D eigenvalue weighted by atomic mass is 10.1. The van der Waals surface area contributed by atoms with Crippen molar-refractivity contribution in [1.82, 2.24) is 4.98 Å². The topological polar surface area (TPSA) is 62.2 Å². The second kappa shape index (κ2) is 7.49. The quantitative estimate of drug-likeness (QED) is 0.614. The fraction of sp³-hybridized carbons (Fsp3) is 0.200. The SMILES string of the molecule is CCCc1sc(Nc2ccc(C(=O)O)cc2)nc1-c1ccc(C)cc1. The van der Waals surface area contributed by atoms with Crippen LogP contribution in [0.4, 0.5) is 10.8 Å². The largest absolute Gasteiger partial charge is 0.478 e. The number of thiazole rings is 1. The van der Waals surface area contributed by atoms with Crippen molar-refractivity contribution in [2.24, 2.45) is 0 Å². The van der Waals surface area contributed by atoms with Crippen LogP contribution in [0.1, 0.15) is 34.1 Å². The lowest BCUT2D eigenvalue weighted by molar-refractivity contribution is 0.0697. The van der Waals surface area contributed by atoms with Gasteiger partial charge in [0.2, 0.25) is 0 Å². The highest BCUT2D eigenvalue weighted by molar-refractivity contribution is 7.16. The summed E-state index contributed by atoms with van der Waals surface area (Å²) in [6.45, 7) is 4.24. The molecular formula is C20H20N2O2S. The molecule has 0 amide bonds. The summed E-state index contributed by atoms with van der Waals surface area (Å²) < 4.78 is 0. The average molecular weight is 352 g/mol. The molecule has 0 atom stereocenters. The Morgan fingerprint density at radius 3 is 2.40 bits per heavy atom. The Morgan fingerprint density at radius 1 is 1.12 bits per heavy atom. The predicted octanol–water partition coefficient (Wildman–Crippen LogP) is 5.51.